The lowest BCUT2D eigenvalue weighted by Gasteiger charge is -2.15. The standard InChI is InChI=1S/C16H20N2O2/c1-11(13-5-7-14(17)8-6-13)10-16(19)18-12(2)15-4-3-9-20-15/h3-9,11-12H,10,17H2,1-2H3,(H,18,19). The van der Waals surface area contributed by atoms with Gasteiger partial charge in [0, 0.05) is 12.1 Å². The molecule has 20 heavy (non-hydrogen) atoms. The van der Waals surface area contributed by atoms with Crippen LogP contribution in [0.2, 0.25) is 0 Å². The van der Waals surface area contributed by atoms with E-state index in [-0.39, 0.29) is 17.9 Å². The molecule has 4 heteroatoms. The van der Waals surface area contributed by atoms with Crippen molar-refractivity contribution in [2.24, 2.45) is 0 Å². The average molecular weight is 272 g/mol. The molecular weight excluding hydrogens is 252 g/mol. The van der Waals surface area contributed by atoms with Gasteiger partial charge in [0.2, 0.25) is 5.91 Å². The first-order valence-corrected chi connectivity index (χ1v) is 6.74. The Morgan fingerprint density at radius 2 is 1.95 bits per heavy atom. The third kappa shape index (κ3) is 3.63. The summed E-state index contributed by atoms with van der Waals surface area (Å²) in [5.41, 5.74) is 7.50. The lowest BCUT2D eigenvalue weighted by molar-refractivity contribution is -0.122. The van der Waals surface area contributed by atoms with Crippen LogP contribution in [0.25, 0.3) is 0 Å². The predicted octanol–water partition coefficient (Wildman–Crippen LogP) is 3.23. The van der Waals surface area contributed by atoms with Crippen LogP contribution in [-0.2, 0) is 4.79 Å². The van der Waals surface area contributed by atoms with Crippen LogP contribution in [0.3, 0.4) is 0 Å². The molecule has 0 spiro atoms. The first-order valence-electron chi connectivity index (χ1n) is 6.74. The lowest BCUT2D eigenvalue weighted by Crippen LogP contribution is -2.27. The van der Waals surface area contributed by atoms with Crippen LogP contribution in [-0.4, -0.2) is 5.91 Å². The number of furan rings is 1. The number of rotatable bonds is 5. The molecule has 0 aliphatic rings. The number of amides is 1. The Balaban J connectivity index is 1.89. The van der Waals surface area contributed by atoms with Crippen LogP contribution in [0, 0.1) is 0 Å². The average Bonchev–Trinajstić information content (AvgIpc) is 2.93. The van der Waals surface area contributed by atoms with Gasteiger partial charge in [0.25, 0.3) is 0 Å². The summed E-state index contributed by atoms with van der Waals surface area (Å²) in [7, 11) is 0. The zero-order valence-corrected chi connectivity index (χ0v) is 11.8. The van der Waals surface area contributed by atoms with Crippen molar-refractivity contribution < 1.29 is 9.21 Å². The van der Waals surface area contributed by atoms with E-state index in [4.69, 9.17) is 10.2 Å². The quantitative estimate of drug-likeness (QED) is 0.821. The summed E-state index contributed by atoms with van der Waals surface area (Å²) in [6.45, 7) is 3.94. The Kier molecular flexibility index (Phi) is 4.45. The van der Waals surface area contributed by atoms with Gasteiger partial charge in [-0.2, -0.15) is 0 Å². The van der Waals surface area contributed by atoms with Crippen molar-refractivity contribution in [1.29, 1.82) is 0 Å². The van der Waals surface area contributed by atoms with Crippen molar-refractivity contribution >= 4 is 11.6 Å². The molecule has 2 atom stereocenters. The van der Waals surface area contributed by atoms with Gasteiger partial charge in [0.1, 0.15) is 5.76 Å². The summed E-state index contributed by atoms with van der Waals surface area (Å²) < 4.78 is 5.27. The van der Waals surface area contributed by atoms with Crippen molar-refractivity contribution in [1.82, 2.24) is 5.32 Å². The van der Waals surface area contributed by atoms with Gasteiger partial charge in [0.15, 0.2) is 0 Å². The van der Waals surface area contributed by atoms with Crippen LogP contribution < -0.4 is 11.1 Å². The Bertz CT molecular complexity index is 546. The Morgan fingerprint density at radius 1 is 1.25 bits per heavy atom. The minimum Gasteiger partial charge on any atom is -0.467 e. The predicted molar refractivity (Wildman–Crippen MR) is 79.2 cm³/mol. The fourth-order valence-corrected chi connectivity index (χ4v) is 2.13. The molecule has 0 saturated heterocycles. The minimum absolute atomic E-state index is 0.0122. The number of nitrogen functional groups attached to an aromatic ring is 1. The molecule has 1 heterocycles. The maximum absolute atomic E-state index is 12.0. The van der Waals surface area contributed by atoms with E-state index in [0.717, 1.165) is 17.0 Å². The lowest BCUT2D eigenvalue weighted by atomic mass is 9.97. The molecular formula is C16H20N2O2. The zero-order valence-electron chi connectivity index (χ0n) is 11.8. The number of anilines is 1. The Morgan fingerprint density at radius 3 is 2.55 bits per heavy atom. The second-order valence-electron chi connectivity index (χ2n) is 5.08. The molecule has 0 fully saturated rings. The highest BCUT2D eigenvalue weighted by molar-refractivity contribution is 5.77. The van der Waals surface area contributed by atoms with Crippen LogP contribution in [0.15, 0.2) is 47.1 Å². The van der Waals surface area contributed by atoms with Gasteiger partial charge in [-0.15, -0.1) is 0 Å². The van der Waals surface area contributed by atoms with Crippen molar-refractivity contribution in [3.8, 4) is 0 Å². The molecule has 2 rings (SSSR count). The van der Waals surface area contributed by atoms with E-state index in [1.54, 1.807) is 6.26 Å². The third-order valence-electron chi connectivity index (χ3n) is 3.34. The molecule has 1 aromatic carbocycles. The normalized spacial score (nSPS) is 13.7. The molecule has 106 valence electrons. The molecule has 0 aliphatic heterocycles. The topological polar surface area (TPSA) is 68.3 Å². The molecule has 0 radical (unpaired) electrons. The maximum atomic E-state index is 12.0. The second kappa shape index (κ2) is 6.28. The van der Waals surface area contributed by atoms with Crippen molar-refractivity contribution in [3.63, 3.8) is 0 Å². The molecule has 1 aromatic heterocycles. The van der Waals surface area contributed by atoms with E-state index in [2.05, 4.69) is 5.32 Å². The fraction of sp³-hybridized carbons (Fsp3) is 0.312. The van der Waals surface area contributed by atoms with Gasteiger partial charge in [-0.25, -0.2) is 0 Å². The largest absolute Gasteiger partial charge is 0.467 e. The van der Waals surface area contributed by atoms with E-state index >= 15 is 0 Å². The smallest absolute Gasteiger partial charge is 0.221 e. The van der Waals surface area contributed by atoms with E-state index in [0.29, 0.717) is 6.42 Å². The number of benzene rings is 1. The van der Waals surface area contributed by atoms with Crippen molar-refractivity contribution in [2.45, 2.75) is 32.2 Å². The summed E-state index contributed by atoms with van der Waals surface area (Å²) in [6, 6.07) is 11.2. The van der Waals surface area contributed by atoms with Crippen molar-refractivity contribution in [3.05, 3.63) is 54.0 Å². The highest BCUT2D eigenvalue weighted by atomic mass is 16.3. The van der Waals surface area contributed by atoms with Crippen LogP contribution >= 0.6 is 0 Å². The number of nitrogens with two attached hydrogens (primary N) is 1. The van der Waals surface area contributed by atoms with Gasteiger partial charge >= 0.3 is 0 Å². The zero-order chi connectivity index (χ0) is 14.5. The number of carbonyl (C=O) groups excluding carboxylic acids is 1. The molecule has 0 saturated carbocycles. The minimum atomic E-state index is -0.115. The van der Waals surface area contributed by atoms with E-state index in [9.17, 15) is 4.79 Å². The van der Waals surface area contributed by atoms with Gasteiger partial charge in [-0.1, -0.05) is 19.1 Å². The second-order valence-corrected chi connectivity index (χ2v) is 5.08. The molecule has 1 amide bonds. The number of nitrogens with one attached hydrogen (secondary N) is 1. The highest BCUT2D eigenvalue weighted by Crippen LogP contribution is 2.21. The van der Waals surface area contributed by atoms with E-state index in [1.165, 1.54) is 0 Å². The first-order chi connectivity index (χ1) is 9.56. The summed E-state index contributed by atoms with van der Waals surface area (Å²) in [6.07, 6.45) is 2.05. The van der Waals surface area contributed by atoms with Gasteiger partial charge in [-0.05, 0) is 42.7 Å². The molecule has 0 bridgehead atoms. The summed E-state index contributed by atoms with van der Waals surface area (Å²) in [4.78, 5) is 12.0. The van der Waals surface area contributed by atoms with Gasteiger partial charge in [-0.3, -0.25) is 4.79 Å². The first kappa shape index (κ1) is 14.2. The van der Waals surface area contributed by atoms with Crippen molar-refractivity contribution in [2.75, 3.05) is 5.73 Å². The SMILES string of the molecule is CC(CC(=O)NC(C)c1ccco1)c1ccc(N)cc1. The maximum Gasteiger partial charge on any atom is 0.221 e. The Hall–Kier alpha value is -2.23. The third-order valence-corrected chi connectivity index (χ3v) is 3.34. The monoisotopic (exact) mass is 272 g/mol. The molecule has 2 aromatic rings. The highest BCUT2D eigenvalue weighted by Gasteiger charge is 2.15. The van der Waals surface area contributed by atoms with E-state index in [1.807, 2.05) is 50.2 Å². The summed E-state index contributed by atoms with van der Waals surface area (Å²) in [5, 5.41) is 2.94. The molecule has 0 aliphatic carbocycles. The fourth-order valence-electron chi connectivity index (χ4n) is 2.13. The number of hydrogen-bond donors (Lipinski definition) is 2. The van der Waals surface area contributed by atoms with E-state index < -0.39 is 0 Å². The molecule has 3 N–H and O–H groups in total. The summed E-state index contributed by atoms with van der Waals surface area (Å²) >= 11 is 0. The van der Waals surface area contributed by atoms with Crippen LogP contribution in [0.1, 0.15) is 43.6 Å². The number of hydrogen-bond acceptors (Lipinski definition) is 3. The number of carbonyl (C=O) groups is 1. The van der Waals surface area contributed by atoms with Crippen LogP contribution in [0.4, 0.5) is 5.69 Å². The van der Waals surface area contributed by atoms with Gasteiger partial charge in [0.05, 0.1) is 12.3 Å². The molecule has 2 unspecified atom stereocenters. The molecule has 4 nitrogen and oxygen atoms in total. The van der Waals surface area contributed by atoms with Gasteiger partial charge < -0.3 is 15.5 Å². The Labute approximate surface area is 119 Å². The summed E-state index contributed by atoms with van der Waals surface area (Å²) in [5.74, 6) is 0.927. The van der Waals surface area contributed by atoms with Crippen LogP contribution in [0.5, 0.6) is 0 Å².